The van der Waals surface area contributed by atoms with Crippen LogP contribution in [0.15, 0.2) is 65.2 Å². The summed E-state index contributed by atoms with van der Waals surface area (Å²) >= 11 is 1.08. The Morgan fingerprint density at radius 3 is 2.32 bits per heavy atom. The number of rotatable bonds is 8. The lowest BCUT2D eigenvalue weighted by Gasteiger charge is -2.58. The number of nitro benzene ring substituents is 1. The molecule has 12 heteroatoms. The molecular weight excluding hydrogens is 502 g/mol. The molecule has 2 unspecified atom stereocenters. The average Bonchev–Trinajstić information content (AvgIpc) is 2.83. The summed E-state index contributed by atoms with van der Waals surface area (Å²) in [4.78, 5) is 62.3. The monoisotopic (exact) mass is 525 g/mol. The standard InChI is InChI=1S/C25H23N3O8S/c1-14(29)26-21-19(13-36-15(2)30)25(24(32)33,12-16-6-4-3-5-7-16)27-22(31)20(23(27)37-21)17-8-10-18(11-9-17)28(34)35/h3-11,20,23H,12-13H2,1-2H3,(H,26,29)(H,32,33)/t20?,23-,25?/m1/s1. The molecule has 0 aromatic heterocycles. The van der Waals surface area contributed by atoms with Crippen LogP contribution in [-0.4, -0.2) is 56.2 Å². The van der Waals surface area contributed by atoms with Crippen molar-refractivity contribution in [1.29, 1.82) is 0 Å². The first-order chi connectivity index (χ1) is 17.6. The molecule has 1 fully saturated rings. The van der Waals surface area contributed by atoms with Gasteiger partial charge in [-0.25, -0.2) is 4.79 Å². The third-order valence-corrected chi connectivity index (χ3v) is 7.60. The molecule has 1 saturated heterocycles. The highest BCUT2D eigenvalue weighted by Gasteiger charge is 2.65. The van der Waals surface area contributed by atoms with E-state index >= 15 is 0 Å². The molecular formula is C25H23N3O8S. The van der Waals surface area contributed by atoms with Crippen LogP contribution in [0.25, 0.3) is 0 Å². The van der Waals surface area contributed by atoms with Gasteiger partial charge in [0.1, 0.15) is 12.0 Å². The van der Waals surface area contributed by atoms with Gasteiger partial charge in [-0.2, -0.15) is 0 Å². The summed E-state index contributed by atoms with van der Waals surface area (Å²) in [7, 11) is 0. The number of amides is 2. The zero-order chi connectivity index (χ0) is 26.9. The van der Waals surface area contributed by atoms with Crippen molar-refractivity contribution in [2.24, 2.45) is 0 Å². The van der Waals surface area contributed by atoms with E-state index in [2.05, 4.69) is 5.32 Å². The number of hydrogen-bond donors (Lipinski definition) is 2. The highest BCUT2D eigenvalue weighted by atomic mass is 32.2. The fourth-order valence-electron chi connectivity index (χ4n) is 4.64. The maximum atomic E-state index is 13.6. The number of thioether (sulfide) groups is 1. The molecule has 192 valence electrons. The number of carbonyl (C=O) groups excluding carboxylic acids is 3. The number of β-lactam (4-membered cyclic amide) rings is 1. The van der Waals surface area contributed by atoms with Crippen molar-refractivity contribution in [3.05, 3.63) is 86.4 Å². The van der Waals surface area contributed by atoms with E-state index in [-0.39, 0.29) is 22.7 Å². The van der Waals surface area contributed by atoms with E-state index in [0.29, 0.717) is 11.1 Å². The molecule has 2 aromatic rings. The molecule has 2 aliphatic heterocycles. The van der Waals surface area contributed by atoms with Crippen LogP contribution >= 0.6 is 11.8 Å². The molecule has 2 N–H and O–H groups in total. The molecule has 2 aliphatic rings. The number of ether oxygens (including phenoxy) is 1. The minimum absolute atomic E-state index is 0.0750. The lowest BCUT2D eigenvalue weighted by molar-refractivity contribution is -0.384. The number of aliphatic carboxylic acids is 1. The van der Waals surface area contributed by atoms with Gasteiger partial charge >= 0.3 is 11.9 Å². The Balaban J connectivity index is 1.87. The summed E-state index contributed by atoms with van der Waals surface area (Å²) in [5.74, 6) is -3.76. The van der Waals surface area contributed by atoms with E-state index in [1.807, 2.05) is 0 Å². The second kappa shape index (κ2) is 10.1. The molecule has 2 aromatic carbocycles. The molecule has 0 radical (unpaired) electrons. The van der Waals surface area contributed by atoms with Crippen molar-refractivity contribution in [3.63, 3.8) is 0 Å². The van der Waals surface area contributed by atoms with Crippen LogP contribution < -0.4 is 5.32 Å². The van der Waals surface area contributed by atoms with Gasteiger partial charge in [-0.15, -0.1) is 0 Å². The molecule has 0 saturated carbocycles. The summed E-state index contributed by atoms with van der Waals surface area (Å²) in [5.41, 5.74) is -0.932. The largest absolute Gasteiger partial charge is 0.479 e. The van der Waals surface area contributed by atoms with E-state index < -0.39 is 52.1 Å². The number of nitrogens with zero attached hydrogens (tertiary/aromatic N) is 2. The van der Waals surface area contributed by atoms with Crippen LogP contribution in [0.1, 0.15) is 30.9 Å². The fourth-order valence-corrected chi connectivity index (χ4v) is 6.25. The summed E-state index contributed by atoms with van der Waals surface area (Å²) < 4.78 is 5.20. The Morgan fingerprint density at radius 1 is 1.14 bits per heavy atom. The fraction of sp³-hybridized carbons (Fsp3) is 0.280. The molecule has 2 heterocycles. The zero-order valence-corrected chi connectivity index (χ0v) is 20.7. The van der Waals surface area contributed by atoms with Gasteiger partial charge in [0.15, 0.2) is 5.54 Å². The Bertz CT molecular complexity index is 1310. The van der Waals surface area contributed by atoms with Crippen molar-refractivity contribution in [2.75, 3.05) is 6.61 Å². The second-order valence-electron chi connectivity index (χ2n) is 8.64. The number of non-ortho nitro benzene ring substituents is 1. The van der Waals surface area contributed by atoms with Crippen molar-refractivity contribution in [3.8, 4) is 0 Å². The van der Waals surface area contributed by atoms with Crippen molar-refractivity contribution in [2.45, 2.75) is 37.1 Å². The number of carboxylic acids is 1. The summed E-state index contributed by atoms with van der Waals surface area (Å²) in [5, 5.41) is 23.8. The van der Waals surface area contributed by atoms with Gasteiger partial charge in [0.2, 0.25) is 11.8 Å². The Kier molecular flexibility index (Phi) is 7.03. The third-order valence-electron chi connectivity index (χ3n) is 6.30. The first-order valence-electron chi connectivity index (χ1n) is 11.2. The number of esters is 1. The van der Waals surface area contributed by atoms with Gasteiger partial charge < -0.3 is 20.1 Å². The third kappa shape index (κ3) is 4.67. The predicted molar refractivity (Wildman–Crippen MR) is 132 cm³/mol. The first kappa shape index (κ1) is 25.9. The van der Waals surface area contributed by atoms with Crippen molar-refractivity contribution in [1.82, 2.24) is 10.2 Å². The number of benzene rings is 2. The molecule has 2 amide bonds. The van der Waals surface area contributed by atoms with Gasteiger partial charge in [-0.1, -0.05) is 54.2 Å². The molecule has 0 spiro atoms. The highest BCUT2D eigenvalue weighted by Crippen LogP contribution is 2.55. The summed E-state index contributed by atoms with van der Waals surface area (Å²) in [6.07, 6.45) is -0.140. The SMILES string of the molecule is CC(=O)NC1=C(COC(C)=O)C(Cc2ccccc2)(C(=O)O)N2C(=O)C(c3ccc([N+](=O)[O-])cc3)[C@H]2S1. The van der Waals surface area contributed by atoms with E-state index in [0.717, 1.165) is 11.8 Å². The number of carbonyl (C=O) groups is 4. The van der Waals surface area contributed by atoms with Gasteiger partial charge in [0.25, 0.3) is 5.69 Å². The molecule has 0 aliphatic carbocycles. The lowest BCUT2D eigenvalue weighted by atomic mass is 9.76. The molecule has 0 bridgehead atoms. The minimum Gasteiger partial charge on any atom is -0.479 e. The topological polar surface area (TPSA) is 156 Å². The molecule has 37 heavy (non-hydrogen) atoms. The van der Waals surface area contributed by atoms with E-state index in [4.69, 9.17) is 4.74 Å². The highest BCUT2D eigenvalue weighted by molar-refractivity contribution is 8.03. The second-order valence-corrected chi connectivity index (χ2v) is 9.77. The summed E-state index contributed by atoms with van der Waals surface area (Å²) in [6, 6.07) is 14.2. The Hall–Kier alpha value is -4.19. The maximum absolute atomic E-state index is 13.6. The van der Waals surface area contributed by atoms with Crippen LogP contribution in [0.2, 0.25) is 0 Å². The quantitative estimate of drug-likeness (QED) is 0.229. The minimum atomic E-state index is -1.96. The molecule has 11 nitrogen and oxygen atoms in total. The van der Waals surface area contributed by atoms with E-state index in [9.17, 15) is 34.4 Å². The molecule has 3 atom stereocenters. The van der Waals surface area contributed by atoms with E-state index in [1.165, 1.54) is 43.0 Å². The van der Waals surface area contributed by atoms with Gasteiger partial charge in [-0.3, -0.25) is 24.5 Å². The lowest BCUT2D eigenvalue weighted by Crippen LogP contribution is -2.73. The van der Waals surface area contributed by atoms with Gasteiger partial charge in [0, 0.05) is 38.0 Å². The van der Waals surface area contributed by atoms with Crippen LogP contribution in [0.4, 0.5) is 5.69 Å². The number of fused-ring (bicyclic) bond motifs is 1. The number of nitrogens with one attached hydrogen (secondary N) is 1. The Labute approximate surface area is 215 Å². The first-order valence-corrected chi connectivity index (χ1v) is 12.1. The van der Waals surface area contributed by atoms with Crippen molar-refractivity contribution >= 4 is 41.2 Å². The zero-order valence-electron chi connectivity index (χ0n) is 19.9. The van der Waals surface area contributed by atoms with E-state index in [1.54, 1.807) is 30.3 Å². The van der Waals surface area contributed by atoms with Crippen molar-refractivity contribution < 1.29 is 33.9 Å². The van der Waals surface area contributed by atoms with Gasteiger partial charge in [-0.05, 0) is 11.1 Å². The molecule has 4 rings (SSSR count). The van der Waals surface area contributed by atoms with Crippen LogP contribution in [-0.2, 0) is 30.3 Å². The van der Waals surface area contributed by atoms with Gasteiger partial charge in [0.05, 0.1) is 15.9 Å². The van der Waals surface area contributed by atoms with Crippen LogP contribution in [0.5, 0.6) is 0 Å². The number of hydrogen-bond acceptors (Lipinski definition) is 8. The summed E-state index contributed by atoms with van der Waals surface area (Å²) in [6.45, 7) is 2.00. The average molecular weight is 526 g/mol. The predicted octanol–water partition coefficient (Wildman–Crippen LogP) is 2.57. The van der Waals surface area contributed by atoms with Crippen LogP contribution in [0.3, 0.4) is 0 Å². The smallest absolute Gasteiger partial charge is 0.334 e. The maximum Gasteiger partial charge on any atom is 0.334 e. The number of carboxylic acid groups (broad SMARTS) is 1. The Morgan fingerprint density at radius 2 is 1.78 bits per heavy atom. The van der Waals surface area contributed by atoms with Crippen LogP contribution in [0, 0.1) is 10.1 Å². The number of nitro groups is 1. The normalized spacial score (nSPS) is 22.5.